The third-order valence-corrected chi connectivity index (χ3v) is 2.99. The van der Waals surface area contributed by atoms with E-state index in [1.165, 1.54) is 0 Å². The maximum Gasteiger partial charge on any atom is 0.128 e. The van der Waals surface area contributed by atoms with Gasteiger partial charge < -0.3 is 11.1 Å². The van der Waals surface area contributed by atoms with Crippen molar-refractivity contribution in [1.29, 1.82) is 0 Å². The molecule has 4 nitrogen and oxygen atoms in total. The van der Waals surface area contributed by atoms with Gasteiger partial charge in [-0.25, -0.2) is 4.98 Å². The Morgan fingerprint density at radius 3 is 2.71 bits per heavy atom. The van der Waals surface area contributed by atoms with Gasteiger partial charge in [0.15, 0.2) is 0 Å². The van der Waals surface area contributed by atoms with E-state index in [1.54, 1.807) is 12.4 Å². The van der Waals surface area contributed by atoms with Crippen molar-refractivity contribution in [3.63, 3.8) is 0 Å². The number of nitrogens with one attached hydrogen (secondary N) is 1. The van der Waals surface area contributed by atoms with Crippen molar-refractivity contribution in [2.75, 3.05) is 12.8 Å². The molecule has 2 heterocycles. The van der Waals surface area contributed by atoms with Gasteiger partial charge >= 0.3 is 0 Å². The minimum absolute atomic E-state index is 0.0446. The molecule has 3 N–H and O–H groups in total. The first-order chi connectivity index (χ1) is 8.22. The number of aromatic nitrogens is 2. The monoisotopic (exact) mass is 292 g/mol. The van der Waals surface area contributed by atoms with Crippen LogP contribution in [0.15, 0.2) is 41.1 Å². The van der Waals surface area contributed by atoms with Crippen molar-refractivity contribution in [3.05, 3.63) is 52.4 Å². The van der Waals surface area contributed by atoms with Crippen LogP contribution < -0.4 is 11.1 Å². The van der Waals surface area contributed by atoms with Crippen molar-refractivity contribution >= 4 is 21.7 Å². The summed E-state index contributed by atoms with van der Waals surface area (Å²) in [6.45, 7) is 0. The highest BCUT2D eigenvalue weighted by molar-refractivity contribution is 9.10. The summed E-state index contributed by atoms with van der Waals surface area (Å²) in [6, 6.07) is 7.69. The molecule has 0 radical (unpaired) electrons. The summed E-state index contributed by atoms with van der Waals surface area (Å²) < 4.78 is 0.954. The van der Waals surface area contributed by atoms with Crippen molar-refractivity contribution in [1.82, 2.24) is 15.3 Å². The smallest absolute Gasteiger partial charge is 0.128 e. The number of rotatable bonds is 3. The molecular weight excluding hydrogens is 280 g/mol. The van der Waals surface area contributed by atoms with Gasteiger partial charge in [-0.3, -0.25) is 4.98 Å². The van der Waals surface area contributed by atoms with Gasteiger partial charge in [0.1, 0.15) is 5.82 Å². The fourth-order valence-electron chi connectivity index (χ4n) is 1.69. The van der Waals surface area contributed by atoms with Crippen molar-refractivity contribution < 1.29 is 0 Å². The third kappa shape index (κ3) is 2.62. The van der Waals surface area contributed by atoms with Crippen LogP contribution in [0.2, 0.25) is 0 Å². The van der Waals surface area contributed by atoms with Crippen LogP contribution in [0.25, 0.3) is 0 Å². The molecule has 0 spiro atoms. The maximum absolute atomic E-state index is 5.88. The molecule has 1 atom stereocenters. The summed E-state index contributed by atoms with van der Waals surface area (Å²) in [5.41, 5.74) is 7.72. The fraction of sp³-hybridized carbons (Fsp3) is 0.167. The highest BCUT2D eigenvalue weighted by atomic mass is 79.9. The second-order valence-corrected chi connectivity index (χ2v) is 4.52. The van der Waals surface area contributed by atoms with Gasteiger partial charge in [0, 0.05) is 22.4 Å². The molecule has 88 valence electrons. The Balaban J connectivity index is 2.40. The van der Waals surface area contributed by atoms with Crippen LogP contribution >= 0.6 is 15.9 Å². The minimum atomic E-state index is -0.0446. The second-order valence-electron chi connectivity index (χ2n) is 3.60. The maximum atomic E-state index is 5.88. The lowest BCUT2D eigenvalue weighted by atomic mass is 10.0. The number of halogens is 1. The molecule has 0 aliphatic heterocycles. The van der Waals surface area contributed by atoms with E-state index in [1.807, 2.05) is 31.3 Å². The summed E-state index contributed by atoms with van der Waals surface area (Å²) in [6.07, 6.45) is 3.45. The van der Waals surface area contributed by atoms with Crippen molar-refractivity contribution in [2.45, 2.75) is 6.04 Å². The van der Waals surface area contributed by atoms with E-state index in [0.717, 1.165) is 15.7 Å². The van der Waals surface area contributed by atoms with E-state index >= 15 is 0 Å². The first-order valence-corrected chi connectivity index (χ1v) is 6.00. The molecule has 0 amide bonds. The van der Waals surface area contributed by atoms with E-state index in [-0.39, 0.29) is 6.04 Å². The average molecular weight is 293 g/mol. The Morgan fingerprint density at radius 2 is 2.12 bits per heavy atom. The Morgan fingerprint density at radius 1 is 1.29 bits per heavy atom. The normalized spacial score (nSPS) is 12.4. The van der Waals surface area contributed by atoms with Gasteiger partial charge in [-0.15, -0.1) is 0 Å². The number of anilines is 1. The van der Waals surface area contributed by atoms with Crippen LogP contribution in [0.5, 0.6) is 0 Å². The lowest BCUT2D eigenvalue weighted by Crippen LogP contribution is -2.20. The fourth-order valence-corrected chi connectivity index (χ4v) is 1.93. The lowest BCUT2D eigenvalue weighted by Gasteiger charge is -2.17. The average Bonchev–Trinajstić information content (AvgIpc) is 2.35. The molecule has 2 aromatic rings. The van der Waals surface area contributed by atoms with Gasteiger partial charge in [0.25, 0.3) is 0 Å². The Kier molecular flexibility index (Phi) is 3.71. The van der Waals surface area contributed by atoms with Crippen molar-refractivity contribution in [3.8, 4) is 0 Å². The van der Waals surface area contributed by atoms with E-state index in [2.05, 4.69) is 31.2 Å². The molecule has 0 saturated heterocycles. The summed E-state index contributed by atoms with van der Waals surface area (Å²) >= 11 is 3.37. The van der Waals surface area contributed by atoms with Crippen LogP contribution in [-0.2, 0) is 0 Å². The van der Waals surface area contributed by atoms with E-state index in [0.29, 0.717) is 5.82 Å². The number of pyridine rings is 2. The molecule has 2 rings (SSSR count). The van der Waals surface area contributed by atoms with Gasteiger partial charge in [-0.1, -0.05) is 6.07 Å². The number of nitrogen functional groups attached to an aromatic ring is 1. The molecule has 17 heavy (non-hydrogen) atoms. The lowest BCUT2D eigenvalue weighted by molar-refractivity contribution is 0.670. The molecular formula is C12H13BrN4. The van der Waals surface area contributed by atoms with Gasteiger partial charge in [0.2, 0.25) is 0 Å². The van der Waals surface area contributed by atoms with E-state index in [9.17, 15) is 0 Å². The molecule has 0 aliphatic rings. The number of nitrogens with zero attached hydrogens (tertiary/aromatic N) is 2. The quantitative estimate of drug-likeness (QED) is 0.910. The molecule has 1 unspecified atom stereocenters. The molecule has 0 saturated carbocycles. The van der Waals surface area contributed by atoms with Gasteiger partial charge in [0.05, 0.1) is 11.7 Å². The minimum Gasteiger partial charge on any atom is -0.383 e. The first-order valence-electron chi connectivity index (χ1n) is 5.21. The Labute approximate surface area is 108 Å². The van der Waals surface area contributed by atoms with Crippen LogP contribution in [-0.4, -0.2) is 17.0 Å². The molecule has 5 heteroatoms. The van der Waals surface area contributed by atoms with Crippen LogP contribution in [0, 0.1) is 0 Å². The van der Waals surface area contributed by atoms with E-state index < -0.39 is 0 Å². The summed E-state index contributed by atoms with van der Waals surface area (Å²) in [5, 5.41) is 3.20. The third-order valence-electron chi connectivity index (χ3n) is 2.52. The SMILES string of the molecule is CNC(c1ccc(Br)cn1)c1cccnc1N. The first kappa shape index (κ1) is 12.0. The van der Waals surface area contributed by atoms with Crippen LogP contribution in [0.1, 0.15) is 17.3 Å². The van der Waals surface area contributed by atoms with Crippen LogP contribution in [0.4, 0.5) is 5.82 Å². The highest BCUT2D eigenvalue weighted by Crippen LogP contribution is 2.24. The number of hydrogen-bond acceptors (Lipinski definition) is 4. The summed E-state index contributed by atoms with van der Waals surface area (Å²) in [4.78, 5) is 8.47. The summed E-state index contributed by atoms with van der Waals surface area (Å²) in [7, 11) is 1.88. The molecule has 0 aromatic carbocycles. The van der Waals surface area contributed by atoms with Crippen LogP contribution in [0.3, 0.4) is 0 Å². The van der Waals surface area contributed by atoms with Crippen molar-refractivity contribution in [2.24, 2.45) is 0 Å². The standard InChI is InChI=1S/C12H13BrN4/c1-15-11(9-3-2-6-16-12(9)14)10-5-4-8(13)7-17-10/h2-7,11,15H,1H3,(H2,14,16). The predicted molar refractivity (Wildman–Crippen MR) is 71.5 cm³/mol. The largest absolute Gasteiger partial charge is 0.383 e. The van der Waals surface area contributed by atoms with E-state index in [4.69, 9.17) is 5.73 Å². The second kappa shape index (κ2) is 5.25. The molecule has 2 aromatic heterocycles. The van der Waals surface area contributed by atoms with Gasteiger partial charge in [-0.2, -0.15) is 0 Å². The Hall–Kier alpha value is -1.46. The zero-order valence-corrected chi connectivity index (χ0v) is 11.0. The zero-order valence-electron chi connectivity index (χ0n) is 9.39. The van der Waals surface area contributed by atoms with Gasteiger partial charge in [-0.05, 0) is 41.2 Å². The molecule has 0 aliphatic carbocycles. The topological polar surface area (TPSA) is 63.8 Å². The number of nitrogens with two attached hydrogens (primary N) is 1. The zero-order chi connectivity index (χ0) is 12.3. The molecule has 0 fully saturated rings. The predicted octanol–water partition coefficient (Wildman–Crippen LogP) is 2.13. The summed E-state index contributed by atoms with van der Waals surface area (Å²) in [5.74, 6) is 0.525. The Bertz CT molecular complexity index is 498. The molecule has 0 bridgehead atoms. The highest BCUT2D eigenvalue weighted by Gasteiger charge is 2.16. The number of hydrogen-bond donors (Lipinski definition) is 2.